The molecule has 2 aromatic rings. The molecule has 0 aromatic heterocycles. The molecule has 20 heavy (non-hydrogen) atoms. The summed E-state index contributed by atoms with van der Waals surface area (Å²) in [6.07, 6.45) is 2.78. The van der Waals surface area contributed by atoms with E-state index in [1.54, 1.807) is 18.2 Å². The normalized spacial score (nSPS) is 10.2. The second-order valence-corrected chi connectivity index (χ2v) is 4.09. The maximum atomic E-state index is 11.1. The van der Waals surface area contributed by atoms with Crippen molar-refractivity contribution in [1.29, 1.82) is 5.26 Å². The Balaban J connectivity index is 2.49. The zero-order valence-corrected chi connectivity index (χ0v) is 10.6. The van der Waals surface area contributed by atoms with Gasteiger partial charge in [0.15, 0.2) is 0 Å². The zero-order valence-electron chi connectivity index (χ0n) is 10.6. The number of amides is 1. The van der Waals surface area contributed by atoms with Crippen LogP contribution in [-0.4, -0.2) is 11.1 Å². The summed E-state index contributed by atoms with van der Waals surface area (Å²) in [5.74, 6) is -0.619. The molecule has 0 bridgehead atoms. The maximum Gasteiger partial charge on any atom is 0.267 e. The van der Waals surface area contributed by atoms with E-state index in [1.165, 1.54) is 11.6 Å². The van der Waals surface area contributed by atoms with Gasteiger partial charge in [0.1, 0.15) is 0 Å². The van der Waals surface area contributed by atoms with E-state index in [-0.39, 0.29) is 0 Å². The second kappa shape index (κ2) is 6.32. The standard InChI is InChI=1S/C16H12N2O2/c17-11-12-6-8-15(13-4-2-1-3-5-13)14(10-12)7-9-16(19)18-20/h1-10,20H,(H,18,19)/b9-7+. The van der Waals surface area contributed by atoms with Gasteiger partial charge in [-0.2, -0.15) is 5.26 Å². The zero-order chi connectivity index (χ0) is 14.4. The molecule has 0 aliphatic heterocycles. The minimum atomic E-state index is -0.619. The molecule has 4 nitrogen and oxygen atoms in total. The summed E-state index contributed by atoms with van der Waals surface area (Å²) in [4.78, 5) is 11.1. The van der Waals surface area contributed by atoms with Gasteiger partial charge in [-0.05, 0) is 34.9 Å². The highest BCUT2D eigenvalue weighted by atomic mass is 16.5. The molecule has 0 atom stereocenters. The van der Waals surface area contributed by atoms with Crippen molar-refractivity contribution in [2.45, 2.75) is 0 Å². The van der Waals surface area contributed by atoms with Crippen molar-refractivity contribution in [3.8, 4) is 17.2 Å². The van der Waals surface area contributed by atoms with E-state index in [4.69, 9.17) is 10.5 Å². The van der Waals surface area contributed by atoms with Gasteiger partial charge in [0, 0.05) is 6.08 Å². The Hall–Kier alpha value is -2.90. The van der Waals surface area contributed by atoms with E-state index >= 15 is 0 Å². The summed E-state index contributed by atoms with van der Waals surface area (Å²) in [5.41, 5.74) is 4.67. The number of hydrogen-bond donors (Lipinski definition) is 2. The molecule has 98 valence electrons. The summed E-state index contributed by atoms with van der Waals surface area (Å²) < 4.78 is 0. The van der Waals surface area contributed by atoms with Gasteiger partial charge in [-0.15, -0.1) is 0 Å². The average Bonchev–Trinajstić information content (AvgIpc) is 2.53. The number of carbonyl (C=O) groups is 1. The van der Waals surface area contributed by atoms with Crippen LogP contribution in [-0.2, 0) is 4.79 Å². The minimum Gasteiger partial charge on any atom is -0.288 e. The monoisotopic (exact) mass is 264 g/mol. The Morgan fingerprint density at radius 1 is 1.20 bits per heavy atom. The van der Waals surface area contributed by atoms with Crippen LogP contribution in [0.15, 0.2) is 54.6 Å². The van der Waals surface area contributed by atoms with E-state index in [1.807, 2.05) is 36.4 Å². The van der Waals surface area contributed by atoms with Crippen LogP contribution in [0.3, 0.4) is 0 Å². The predicted octanol–water partition coefficient (Wildman–Crippen LogP) is 2.74. The van der Waals surface area contributed by atoms with E-state index in [0.717, 1.165) is 16.7 Å². The van der Waals surface area contributed by atoms with Crippen molar-refractivity contribution in [2.24, 2.45) is 0 Å². The van der Waals surface area contributed by atoms with Gasteiger partial charge in [0.25, 0.3) is 5.91 Å². The van der Waals surface area contributed by atoms with Gasteiger partial charge in [-0.3, -0.25) is 10.0 Å². The Morgan fingerprint density at radius 2 is 1.95 bits per heavy atom. The number of benzene rings is 2. The van der Waals surface area contributed by atoms with Gasteiger partial charge in [-0.1, -0.05) is 36.4 Å². The number of rotatable bonds is 3. The second-order valence-electron chi connectivity index (χ2n) is 4.09. The molecule has 0 saturated carbocycles. The van der Waals surface area contributed by atoms with Crippen molar-refractivity contribution in [3.63, 3.8) is 0 Å². The van der Waals surface area contributed by atoms with Crippen LogP contribution < -0.4 is 5.48 Å². The summed E-state index contributed by atoms with van der Waals surface area (Å²) >= 11 is 0. The van der Waals surface area contributed by atoms with Gasteiger partial charge >= 0.3 is 0 Å². The number of nitrogens with one attached hydrogen (secondary N) is 1. The lowest BCUT2D eigenvalue weighted by molar-refractivity contribution is -0.124. The molecular formula is C16H12N2O2. The first-order chi connectivity index (χ1) is 9.74. The van der Waals surface area contributed by atoms with Crippen molar-refractivity contribution in [3.05, 3.63) is 65.7 Å². The molecular weight excluding hydrogens is 252 g/mol. The maximum absolute atomic E-state index is 11.1. The number of nitrogens with zero attached hydrogens (tertiary/aromatic N) is 1. The molecule has 0 radical (unpaired) electrons. The van der Waals surface area contributed by atoms with Gasteiger partial charge in [-0.25, -0.2) is 5.48 Å². The van der Waals surface area contributed by atoms with Crippen molar-refractivity contribution < 1.29 is 10.0 Å². The predicted molar refractivity (Wildman–Crippen MR) is 75.6 cm³/mol. The Bertz CT molecular complexity index is 685. The first kappa shape index (κ1) is 13.5. The van der Waals surface area contributed by atoms with Gasteiger partial charge in [0.2, 0.25) is 0 Å². The van der Waals surface area contributed by atoms with Crippen molar-refractivity contribution >= 4 is 12.0 Å². The number of carbonyl (C=O) groups excluding carboxylic acids is 1. The number of hydrogen-bond acceptors (Lipinski definition) is 3. The highest BCUT2D eigenvalue weighted by Gasteiger charge is 2.04. The smallest absolute Gasteiger partial charge is 0.267 e. The van der Waals surface area contributed by atoms with Crippen LogP contribution >= 0.6 is 0 Å². The summed E-state index contributed by atoms with van der Waals surface area (Å²) in [5, 5.41) is 17.5. The van der Waals surface area contributed by atoms with Gasteiger partial charge in [0.05, 0.1) is 11.6 Å². The average molecular weight is 264 g/mol. The largest absolute Gasteiger partial charge is 0.288 e. The molecule has 0 aliphatic rings. The minimum absolute atomic E-state index is 0.508. The third-order valence-electron chi connectivity index (χ3n) is 2.79. The molecule has 0 fully saturated rings. The van der Waals surface area contributed by atoms with E-state index in [0.29, 0.717) is 5.56 Å². The summed E-state index contributed by atoms with van der Waals surface area (Å²) in [7, 11) is 0. The van der Waals surface area contributed by atoms with Crippen LogP contribution in [0, 0.1) is 11.3 Å². The first-order valence-electron chi connectivity index (χ1n) is 5.96. The van der Waals surface area contributed by atoms with E-state index in [9.17, 15) is 4.79 Å². The molecule has 2 aromatic carbocycles. The Labute approximate surface area is 116 Å². The lowest BCUT2D eigenvalue weighted by Gasteiger charge is -2.07. The molecule has 4 heteroatoms. The van der Waals surface area contributed by atoms with Crippen LogP contribution in [0.5, 0.6) is 0 Å². The molecule has 0 unspecified atom stereocenters. The van der Waals surface area contributed by atoms with Crippen LogP contribution in [0.1, 0.15) is 11.1 Å². The SMILES string of the molecule is N#Cc1ccc(-c2ccccc2)c(/C=C/C(=O)NO)c1. The lowest BCUT2D eigenvalue weighted by atomic mass is 9.97. The highest BCUT2D eigenvalue weighted by Crippen LogP contribution is 2.25. The quantitative estimate of drug-likeness (QED) is 0.508. The van der Waals surface area contributed by atoms with Crippen molar-refractivity contribution in [1.82, 2.24) is 5.48 Å². The first-order valence-corrected chi connectivity index (χ1v) is 5.96. The Kier molecular flexibility index (Phi) is 4.28. The van der Waals surface area contributed by atoms with E-state index in [2.05, 4.69) is 6.07 Å². The summed E-state index contributed by atoms with van der Waals surface area (Å²) in [6, 6.07) is 17.0. The van der Waals surface area contributed by atoms with E-state index < -0.39 is 5.91 Å². The van der Waals surface area contributed by atoms with Gasteiger partial charge < -0.3 is 0 Å². The Morgan fingerprint density at radius 3 is 2.60 bits per heavy atom. The van der Waals surface area contributed by atoms with Crippen LogP contribution in [0.2, 0.25) is 0 Å². The highest BCUT2D eigenvalue weighted by molar-refractivity contribution is 5.92. The number of hydroxylamine groups is 1. The molecule has 0 saturated heterocycles. The van der Waals surface area contributed by atoms with Crippen LogP contribution in [0.4, 0.5) is 0 Å². The molecule has 1 amide bonds. The fourth-order valence-electron chi connectivity index (χ4n) is 1.85. The third kappa shape index (κ3) is 3.10. The molecule has 2 N–H and O–H groups in total. The topological polar surface area (TPSA) is 73.1 Å². The fraction of sp³-hybridized carbons (Fsp3) is 0. The van der Waals surface area contributed by atoms with Crippen LogP contribution in [0.25, 0.3) is 17.2 Å². The van der Waals surface area contributed by atoms with Crippen molar-refractivity contribution in [2.75, 3.05) is 0 Å². The lowest BCUT2D eigenvalue weighted by Crippen LogP contribution is -2.14. The third-order valence-corrected chi connectivity index (χ3v) is 2.79. The molecule has 2 rings (SSSR count). The number of nitriles is 1. The summed E-state index contributed by atoms with van der Waals surface area (Å²) in [6.45, 7) is 0. The molecule has 0 heterocycles. The fourth-order valence-corrected chi connectivity index (χ4v) is 1.85. The molecule has 0 spiro atoms. The molecule has 0 aliphatic carbocycles.